The summed E-state index contributed by atoms with van der Waals surface area (Å²) in [6.07, 6.45) is 7.55. The minimum absolute atomic E-state index is 0.0902. The van der Waals surface area contributed by atoms with E-state index in [1.165, 1.54) is 21.9 Å². The first-order valence-corrected chi connectivity index (χ1v) is 25.4. The first-order chi connectivity index (χ1) is 35.7. The van der Waals surface area contributed by atoms with Crippen molar-refractivity contribution in [1.29, 1.82) is 0 Å². The van der Waals surface area contributed by atoms with Gasteiger partial charge in [-0.15, -0.1) is 0 Å². The quantitative estimate of drug-likeness (QED) is 0.174. The topological polar surface area (TPSA) is 105 Å². The van der Waals surface area contributed by atoms with E-state index in [0.29, 0.717) is 17.5 Å². The van der Waals surface area contributed by atoms with Gasteiger partial charge in [-0.05, 0) is 144 Å². The predicted octanol–water partition coefficient (Wildman–Crippen LogP) is 15.2. The Kier molecular flexibility index (Phi) is 9.22. The van der Waals surface area contributed by atoms with E-state index in [4.69, 9.17) is 34.9 Å². The Morgan fingerprint density at radius 2 is 0.838 bits per heavy atom. The highest BCUT2D eigenvalue weighted by atomic mass is 15.1. The number of hydrogen-bond donors (Lipinski definition) is 0. The molecular formula is C64H52N10. The average molecular weight is 961 g/mol. The van der Waals surface area contributed by atoms with Crippen LogP contribution < -0.4 is 0 Å². The molecule has 14 rings (SSSR count). The number of nitrogens with zero attached hydrogens (tertiary/aromatic N) is 10. The standard InChI is InChI=1S/C64H52N10/c1-35-15-10-16-36(2)53(35)61-69-60-38-29-51(72-47-19-12-26-65-55(47)56-48(72)20-13-27-66-56)59(74-45-24-22-40(63(4,5)6)32-43(45)44-33-41(64(7,8)9)23-25-46(44)74)52(30-38)73-49-21-14-28-67-57(49)58-50(73)31-39(34-68-58)42-18-11-17-37(3)54(42)62(70-60)71-61/h10-34H,1-9H3. The minimum Gasteiger partial charge on any atom is -0.305 e. The molecule has 13 aromatic rings. The number of aryl methyl sites for hydroxylation is 3. The summed E-state index contributed by atoms with van der Waals surface area (Å²) < 4.78 is 7.20. The Morgan fingerprint density at radius 1 is 0.378 bits per heavy atom. The van der Waals surface area contributed by atoms with Crippen LogP contribution in [0, 0.1) is 20.8 Å². The molecule has 1 aliphatic heterocycles. The van der Waals surface area contributed by atoms with E-state index in [2.05, 4.69) is 185 Å². The molecule has 0 aliphatic carbocycles. The molecule has 8 aromatic heterocycles. The van der Waals surface area contributed by atoms with E-state index in [-0.39, 0.29) is 10.8 Å². The summed E-state index contributed by atoms with van der Waals surface area (Å²) in [5, 5.41) is 2.36. The number of hydrogen-bond acceptors (Lipinski definition) is 7. The molecule has 0 saturated heterocycles. The molecule has 74 heavy (non-hydrogen) atoms. The zero-order valence-corrected chi connectivity index (χ0v) is 42.9. The summed E-state index contributed by atoms with van der Waals surface area (Å²) in [4.78, 5) is 37.0. The van der Waals surface area contributed by atoms with Crippen LogP contribution in [0.1, 0.15) is 69.4 Å². The molecule has 10 nitrogen and oxygen atoms in total. The molecule has 0 atom stereocenters. The molecule has 0 saturated carbocycles. The van der Waals surface area contributed by atoms with Gasteiger partial charge in [0.2, 0.25) is 0 Å². The van der Waals surface area contributed by atoms with E-state index in [9.17, 15) is 0 Å². The third kappa shape index (κ3) is 6.40. The van der Waals surface area contributed by atoms with Gasteiger partial charge in [-0.3, -0.25) is 19.9 Å². The highest BCUT2D eigenvalue weighted by Crippen LogP contribution is 2.47. The van der Waals surface area contributed by atoms with Crippen LogP contribution in [0.2, 0.25) is 0 Å². The molecule has 0 unspecified atom stereocenters. The molecular weight excluding hydrogens is 909 g/mol. The van der Waals surface area contributed by atoms with Crippen molar-refractivity contribution in [2.24, 2.45) is 0 Å². The average Bonchev–Trinajstić information content (AvgIpc) is 4.03. The maximum atomic E-state index is 5.57. The highest BCUT2D eigenvalue weighted by Gasteiger charge is 2.31. The molecule has 0 radical (unpaired) electrons. The first-order valence-electron chi connectivity index (χ1n) is 25.4. The van der Waals surface area contributed by atoms with Crippen LogP contribution in [0.3, 0.4) is 0 Å². The van der Waals surface area contributed by atoms with Crippen molar-refractivity contribution >= 4 is 65.9 Å². The fourth-order valence-electron chi connectivity index (χ4n) is 11.6. The van der Waals surface area contributed by atoms with Crippen LogP contribution in [0.15, 0.2) is 152 Å². The van der Waals surface area contributed by atoms with Crippen molar-refractivity contribution in [3.63, 3.8) is 0 Å². The number of aromatic nitrogens is 10. The lowest BCUT2D eigenvalue weighted by Gasteiger charge is -2.24. The second-order valence-electron chi connectivity index (χ2n) is 22.1. The Bertz CT molecular complexity index is 4410. The third-order valence-electron chi connectivity index (χ3n) is 15.3. The SMILES string of the molecule is Cc1cccc(C)c1-c1nc2nc(n1)-c1c(C)cccc1-c1cnc3c4ncccc4n(c3c1)-c1cc-2cc(-n2c3cccnc3c3ncccc32)c1-n1c2ccc(C(C)(C)C)cc2c2cc(C(C)(C)C)ccc21. The van der Waals surface area contributed by atoms with Crippen molar-refractivity contribution in [2.45, 2.75) is 73.1 Å². The molecule has 6 bridgehead atoms. The maximum absolute atomic E-state index is 5.57. The summed E-state index contributed by atoms with van der Waals surface area (Å²) >= 11 is 0. The zero-order chi connectivity index (χ0) is 50.5. The summed E-state index contributed by atoms with van der Waals surface area (Å²) in [5.74, 6) is 1.75. The molecule has 0 spiro atoms. The monoisotopic (exact) mass is 960 g/mol. The van der Waals surface area contributed by atoms with Gasteiger partial charge in [0.1, 0.15) is 22.1 Å². The molecule has 1 aliphatic rings. The fraction of sp³-hybridized carbons (Fsp3) is 0.172. The van der Waals surface area contributed by atoms with Gasteiger partial charge < -0.3 is 13.7 Å². The lowest BCUT2D eigenvalue weighted by atomic mass is 9.85. The number of pyridine rings is 4. The Labute approximate surface area is 428 Å². The molecule has 0 N–H and O–H groups in total. The Morgan fingerprint density at radius 3 is 1.36 bits per heavy atom. The molecule has 10 heteroatoms. The Hall–Kier alpha value is -8.89. The van der Waals surface area contributed by atoms with Crippen LogP contribution in [-0.2, 0) is 10.8 Å². The largest absolute Gasteiger partial charge is 0.305 e. The molecule has 5 aromatic carbocycles. The number of benzene rings is 5. The van der Waals surface area contributed by atoms with Crippen molar-refractivity contribution < 1.29 is 0 Å². The van der Waals surface area contributed by atoms with Gasteiger partial charge in [0.25, 0.3) is 0 Å². The van der Waals surface area contributed by atoms with E-state index in [1.807, 2.05) is 43.0 Å². The highest BCUT2D eigenvalue weighted by molar-refractivity contribution is 6.13. The summed E-state index contributed by atoms with van der Waals surface area (Å²) in [5.41, 5.74) is 22.0. The lowest BCUT2D eigenvalue weighted by molar-refractivity contribution is 0.590. The van der Waals surface area contributed by atoms with Crippen LogP contribution in [0.4, 0.5) is 0 Å². The molecule has 0 fully saturated rings. The maximum Gasteiger partial charge on any atom is 0.164 e. The van der Waals surface area contributed by atoms with E-state index < -0.39 is 0 Å². The van der Waals surface area contributed by atoms with Gasteiger partial charge in [0, 0.05) is 57.8 Å². The fourth-order valence-corrected chi connectivity index (χ4v) is 11.6. The lowest BCUT2D eigenvalue weighted by Crippen LogP contribution is -2.12. The normalized spacial score (nSPS) is 12.7. The van der Waals surface area contributed by atoms with Gasteiger partial charge in [-0.2, -0.15) is 0 Å². The van der Waals surface area contributed by atoms with Crippen LogP contribution in [-0.4, -0.2) is 48.6 Å². The van der Waals surface area contributed by atoms with Crippen molar-refractivity contribution in [3.8, 4) is 62.4 Å². The van der Waals surface area contributed by atoms with Crippen molar-refractivity contribution in [3.05, 3.63) is 180 Å². The van der Waals surface area contributed by atoms with Gasteiger partial charge in [0.15, 0.2) is 17.5 Å². The van der Waals surface area contributed by atoms with E-state index >= 15 is 0 Å². The van der Waals surface area contributed by atoms with Gasteiger partial charge >= 0.3 is 0 Å². The van der Waals surface area contributed by atoms with E-state index in [0.717, 1.165) is 117 Å². The van der Waals surface area contributed by atoms with Gasteiger partial charge in [-0.25, -0.2) is 15.0 Å². The Balaban J connectivity index is 1.25. The predicted molar refractivity (Wildman–Crippen MR) is 301 cm³/mol. The second kappa shape index (κ2) is 15.6. The summed E-state index contributed by atoms with van der Waals surface area (Å²) in [6, 6.07) is 46.2. The van der Waals surface area contributed by atoms with Crippen molar-refractivity contribution in [1.82, 2.24) is 48.6 Å². The third-order valence-corrected chi connectivity index (χ3v) is 15.3. The van der Waals surface area contributed by atoms with Crippen molar-refractivity contribution in [2.75, 3.05) is 0 Å². The zero-order valence-electron chi connectivity index (χ0n) is 42.9. The second-order valence-corrected chi connectivity index (χ2v) is 22.1. The smallest absolute Gasteiger partial charge is 0.164 e. The van der Waals surface area contributed by atoms with E-state index in [1.54, 1.807) is 0 Å². The van der Waals surface area contributed by atoms with Crippen LogP contribution >= 0.6 is 0 Å². The molecule has 358 valence electrons. The van der Waals surface area contributed by atoms with Crippen LogP contribution in [0.25, 0.3) is 128 Å². The molecule has 9 heterocycles. The minimum atomic E-state index is -0.0902. The van der Waals surface area contributed by atoms with Gasteiger partial charge in [-0.1, -0.05) is 90.1 Å². The number of rotatable bonds is 3. The van der Waals surface area contributed by atoms with Crippen LogP contribution in [0.5, 0.6) is 0 Å². The first kappa shape index (κ1) is 43.9. The number of fused-ring (bicyclic) bond motifs is 19. The summed E-state index contributed by atoms with van der Waals surface area (Å²) in [6.45, 7) is 20.1. The summed E-state index contributed by atoms with van der Waals surface area (Å²) in [7, 11) is 0. The van der Waals surface area contributed by atoms with Gasteiger partial charge in [0.05, 0.1) is 50.2 Å². The molecule has 0 amide bonds.